The van der Waals surface area contributed by atoms with E-state index >= 15 is 0 Å². The molecule has 2 N–H and O–H groups in total. The van der Waals surface area contributed by atoms with Gasteiger partial charge in [-0.25, -0.2) is 4.39 Å². The zero-order chi connectivity index (χ0) is 12.4. The highest BCUT2D eigenvalue weighted by atomic mass is 19.1. The minimum atomic E-state index is -0.219. The number of halogens is 1. The topological polar surface area (TPSA) is 32.5 Å². The molecule has 3 nitrogen and oxygen atoms in total. The van der Waals surface area contributed by atoms with E-state index in [2.05, 4.69) is 23.6 Å². The molecule has 0 aromatic heterocycles. The van der Waals surface area contributed by atoms with Crippen molar-refractivity contribution >= 4 is 11.4 Å². The van der Waals surface area contributed by atoms with Crippen LogP contribution in [0.1, 0.15) is 13.8 Å². The second kappa shape index (κ2) is 4.92. The van der Waals surface area contributed by atoms with Crippen molar-refractivity contribution in [3.63, 3.8) is 0 Å². The minimum absolute atomic E-state index is 0.219. The Morgan fingerprint density at radius 1 is 1.18 bits per heavy atom. The number of hydrogen-bond acceptors (Lipinski definition) is 3. The Morgan fingerprint density at radius 3 is 2.35 bits per heavy atom. The quantitative estimate of drug-likeness (QED) is 0.798. The summed E-state index contributed by atoms with van der Waals surface area (Å²) in [6.07, 6.45) is 0. The van der Waals surface area contributed by atoms with Crippen molar-refractivity contribution in [1.82, 2.24) is 4.90 Å². The molecule has 0 radical (unpaired) electrons. The van der Waals surface area contributed by atoms with E-state index < -0.39 is 0 Å². The molecule has 0 unspecified atom stereocenters. The van der Waals surface area contributed by atoms with E-state index in [0.29, 0.717) is 17.4 Å². The maximum atomic E-state index is 13.8. The summed E-state index contributed by atoms with van der Waals surface area (Å²) in [6, 6.07) is 5.49. The van der Waals surface area contributed by atoms with Crippen molar-refractivity contribution in [2.24, 2.45) is 0 Å². The number of nitrogens with zero attached hydrogens (tertiary/aromatic N) is 2. The van der Waals surface area contributed by atoms with Crippen molar-refractivity contribution in [2.75, 3.05) is 36.8 Å². The Hall–Kier alpha value is -1.29. The monoisotopic (exact) mass is 237 g/mol. The predicted octanol–water partition coefficient (Wildman–Crippen LogP) is 1.94. The molecule has 2 rings (SSSR count). The van der Waals surface area contributed by atoms with Gasteiger partial charge in [0.2, 0.25) is 0 Å². The van der Waals surface area contributed by atoms with Gasteiger partial charge >= 0.3 is 0 Å². The van der Waals surface area contributed by atoms with Crippen LogP contribution >= 0.6 is 0 Å². The van der Waals surface area contributed by atoms with Crippen LogP contribution in [-0.2, 0) is 0 Å². The normalized spacial score (nSPS) is 17.8. The molecule has 1 fully saturated rings. The van der Waals surface area contributed by atoms with E-state index in [0.717, 1.165) is 26.2 Å². The van der Waals surface area contributed by atoms with Crippen LogP contribution in [-0.4, -0.2) is 37.1 Å². The van der Waals surface area contributed by atoms with Crippen LogP contribution in [0.25, 0.3) is 0 Å². The van der Waals surface area contributed by atoms with E-state index in [9.17, 15) is 4.39 Å². The molecular weight excluding hydrogens is 217 g/mol. The van der Waals surface area contributed by atoms with E-state index in [4.69, 9.17) is 5.73 Å². The average molecular weight is 237 g/mol. The van der Waals surface area contributed by atoms with Gasteiger partial charge in [0, 0.05) is 37.9 Å². The maximum absolute atomic E-state index is 13.8. The zero-order valence-electron chi connectivity index (χ0n) is 10.5. The third-order valence-electron chi connectivity index (χ3n) is 3.36. The summed E-state index contributed by atoms with van der Waals surface area (Å²) in [5.41, 5.74) is 6.70. The number of rotatable bonds is 2. The highest BCUT2D eigenvalue weighted by Crippen LogP contribution is 2.23. The van der Waals surface area contributed by atoms with Crippen molar-refractivity contribution in [3.8, 4) is 0 Å². The minimum Gasteiger partial charge on any atom is -0.399 e. The molecule has 1 aliphatic rings. The van der Waals surface area contributed by atoms with Crippen LogP contribution < -0.4 is 10.6 Å². The van der Waals surface area contributed by atoms with Gasteiger partial charge in [-0.2, -0.15) is 0 Å². The second-order valence-electron chi connectivity index (χ2n) is 4.83. The number of nitrogens with two attached hydrogens (primary N) is 1. The molecule has 17 heavy (non-hydrogen) atoms. The highest BCUT2D eigenvalue weighted by Gasteiger charge is 2.20. The lowest BCUT2D eigenvalue weighted by atomic mass is 10.2. The van der Waals surface area contributed by atoms with Gasteiger partial charge in [-0.3, -0.25) is 4.90 Å². The number of hydrogen-bond donors (Lipinski definition) is 1. The molecule has 94 valence electrons. The third kappa shape index (κ3) is 2.69. The lowest BCUT2D eigenvalue weighted by Crippen LogP contribution is -2.49. The van der Waals surface area contributed by atoms with Crippen LogP contribution in [0.3, 0.4) is 0 Å². The Labute approximate surface area is 102 Å². The van der Waals surface area contributed by atoms with Crippen LogP contribution in [0.2, 0.25) is 0 Å². The summed E-state index contributed by atoms with van der Waals surface area (Å²) in [5.74, 6) is -0.219. The predicted molar refractivity (Wildman–Crippen MR) is 69.7 cm³/mol. The Balaban J connectivity index is 2.05. The van der Waals surface area contributed by atoms with Gasteiger partial charge in [0.25, 0.3) is 0 Å². The highest BCUT2D eigenvalue weighted by molar-refractivity contribution is 5.54. The van der Waals surface area contributed by atoms with Gasteiger partial charge < -0.3 is 10.6 Å². The van der Waals surface area contributed by atoms with Crippen LogP contribution in [0.15, 0.2) is 18.2 Å². The molecule has 0 amide bonds. The first-order valence-corrected chi connectivity index (χ1v) is 6.12. The van der Waals surface area contributed by atoms with E-state index in [1.807, 2.05) is 0 Å². The lowest BCUT2D eigenvalue weighted by Gasteiger charge is -2.38. The molecule has 0 aliphatic carbocycles. The summed E-state index contributed by atoms with van der Waals surface area (Å²) in [4.78, 5) is 4.50. The Morgan fingerprint density at radius 2 is 1.82 bits per heavy atom. The van der Waals surface area contributed by atoms with Crippen LogP contribution in [0.4, 0.5) is 15.8 Å². The summed E-state index contributed by atoms with van der Waals surface area (Å²) < 4.78 is 13.8. The van der Waals surface area contributed by atoms with E-state index in [1.54, 1.807) is 12.1 Å². The first-order chi connectivity index (χ1) is 8.08. The van der Waals surface area contributed by atoms with Gasteiger partial charge in [0.1, 0.15) is 5.82 Å². The molecule has 4 heteroatoms. The molecule has 0 bridgehead atoms. The molecule has 0 atom stereocenters. The smallest absolute Gasteiger partial charge is 0.148 e. The van der Waals surface area contributed by atoms with Crippen LogP contribution in [0.5, 0.6) is 0 Å². The molecule has 1 heterocycles. The summed E-state index contributed by atoms with van der Waals surface area (Å²) >= 11 is 0. The van der Waals surface area contributed by atoms with Crippen molar-refractivity contribution in [2.45, 2.75) is 19.9 Å². The van der Waals surface area contributed by atoms with Gasteiger partial charge in [0.15, 0.2) is 0 Å². The molecular formula is C13H20FN3. The Kier molecular flexibility index (Phi) is 3.52. The largest absolute Gasteiger partial charge is 0.399 e. The fourth-order valence-electron chi connectivity index (χ4n) is 2.26. The molecule has 1 aromatic rings. The number of benzene rings is 1. The van der Waals surface area contributed by atoms with Crippen molar-refractivity contribution in [3.05, 3.63) is 24.0 Å². The van der Waals surface area contributed by atoms with E-state index in [-0.39, 0.29) is 5.82 Å². The number of nitrogen functional groups attached to an aromatic ring is 1. The maximum Gasteiger partial charge on any atom is 0.148 e. The standard InChI is InChI=1S/C13H20FN3/c1-10(2)16-5-7-17(8-6-16)13-4-3-11(15)9-12(13)14/h3-4,9-10H,5-8,15H2,1-2H3. The molecule has 0 spiro atoms. The fourth-order valence-corrected chi connectivity index (χ4v) is 2.26. The zero-order valence-corrected chi connectivity index (χ0v) is 10.5. The fraction of sp³-hybridized carbons (Fsp3) is 0.538. The first kappa shape index (κ1) is 12.2. The summed E-state index contributed by atoms with van der Waals surface area (Å²) in [7, 11) is 0. The first-order valence-electron chi connectivity index (χ1n) is 6.12. The van der Waals surface area contributed by atoms with Crippen molar-refractivity contribution in [1.29, 1.82) is 0 Å². The van der Waals surface area contributed by atoms with Gasteiger partial charge in [-0.1, -0.05) is 0 Å². The molecule has 1 saturated heterocycles. The van der Waals surface area contributed by atoms with E-state index in [1.165, 1.54) is 6.07 Å². The summed E-state index contributed by atoms with van der Waals surface area (Å²) in [5, 5.41) is 0. The van der Waals surface area contributed by atoms with Gasteiger partial charge in [-0.05, 0) is 32.0 Å². The number of piperazine rings is 1. The average Bonchev–Trinajstić information content (AvgIpc) is 2.29. The van der Waals surface area contributed by atoms with Crippen molar-refractivity contribution < 1.29 is 4.39 Å². The molecule has 1 aromatic carbocycles. The molecule has 0 saturated carbocycles. The molecule has 1 aliphatic heterocycles. The second-order valence-corrected chi connectivity index (χ2v) is 4.83. The van der Waals surface area contributed by atoms with Gasteiger partial charge in [0.05, 0.1) is 5.69 Å². The third-order valence-corrected chi connectivity index (χ3v) is 3.36. The SMILES string of the molecule is CC(C)N1CCN(c2ccc(N)cc2F)CC1. The Bertz CT molecular complexity index is 384. The lowest BCUT2D eigenvalue weighted by molar-refractivity contribution is 0.209. The summed E-state index contributed by atoms with van der Waals surface area (Å²) in [6.45, 7) is 8.11. The number of anilines is 2. The van der Waals surface area contributed by atoms with Gasteiger partial charge in [-0.15, -0.1) is 0 Å². The van der Waals surface area contributed by atoms with Crippen LogP contribution in [0, 0.1) is 5.82 Å².